The molecule has 0 unspecified atom stereocenters. The average molecular weight is 427 g/mol. The van der Waals surface area contributed by atoms with E-state index in [1.807, 2.05) is 24.3 Å². The van der Waals surface area contributed by atoms with Gasteiger partial charge in [0.2, 0.25) is 0 Å². The van der Waals surface area contributed by atoms with E-state index in [0.29, 0.717) is 40.8 Å². The van der Waals surface area contributed by atoms with Crippen molar-refractivity contribution in [3.05, 3.63) is 100 Å². The van der Waals surface area contributed by atoms with Crippen LogP contribution in [-0.2, 0) is 11.8 Å². The quantitative estimate of drug-likeness (QED) is 0.418. The Morgan fingerprint density at radius 1 is 0.875 bits per heavy atom. The number of amides is 2. The summed E-state index contributed by atoms with van der Waals surface area (Å²) in [6.07, 6.45) is 2.69. The third-order valence-corrected chi connectivity index (χ3v) is 5.82. The number of ketones is 1. The van der Waals surface area contributed by atoms with Crippen LogP contribution >= 0.6 is 0 Å². The van der Waals surface area contributed by atoms with Crippen molar-refractivity contribution < 1.29 is 14.4 Å². The third-order valence-electron chi connectivity index (χ3n) is 5.82. The molecule has 0 fully saturated rings. The molecule has 1 aliphatic rings. The Labute approximate surface area is 188 Å². The van der Waals surface area contributed by atoms with Crippen LogP contribution in [0.2, 0.25) is 0 Å². The van der Waals surface area contributed by atoms with Crippen molar-refractivity contribution in [2.75, 3.05) is 6.54 Å². The van der Waals surface area contributed by atoms with Gasteiger partial charge in [-0.25, -0.2) is 0 Å². The van der Waals surface area contributed by atoms with Gasteiger partial charge < -0.3 is 0 Å². The zero-order valence-electron chi connectivity index (χ0n) is 18.6. The summed E-state index contributed by atoms with van der Waals surface area (Å²) in [6, 6.07) is 18.1. The van der Waals surface area contributed by atoms with Gasteiger partial charge in [0, 0.05) is 23.9 Å². The van der Waals surface area contributed by atoms with Crippen molar-refractivity contribution in [2.45, 2.75) is 39.0 Å². The predicted octanol–water partition coefficient (Wildman–Crippen LogP) is 4.84. The number of nitrogens with zero attached hydrogens (tertiary/aromatic N) is 2. The lowest BCUT2D eigenvalue weighted by Gasteiger charge is -2.19. The maximum atomic E-state index is 13.1. The zero-order valence-corrected chi connectivity index (χ0v) is 18.6. The Hall–Kier alpha value is -3.60. The molecule has 2 aromatic carbocycles. The number of benzene rings is 2. The van der Waals surface area contributed by atoms with Crippen LogP contribution in [0.15, 0.2) is 66.9 Å². The first-order chi connectivity index (χ1) is 15.3. The Morgan fingerprint density at radius 3 is 2.09 bits per heavy atom. The lowest BCUT2D eigenvalue weighted by molar-refractivity contribution is 0.0652. The molecule has 5 heteroatoms. The van der Waals surface area contributed by atoms with Crippen molar-refractivity contribution in [3.8, 4) is 0 Å². The van der Waals surface area contributed by atoms with Crippen LogP contribution in [0.1, 0.15) is 75.1 Å². The number of aromatic nitrogens is 1. The number of pyridine rings is 1. The monoisotopic (exact) mass is 426 g/mol. The van der Waals surface area contributed by atoms with E-state index < -0.39 is 0 Å². The van der Waals surface area contributed by atoms with E-state index in [-0.39, 0.29) is 29.6 Å². The van der Waals surface area contributed by atoms with Gasteiger partial charge in [-0.3, -0.25) is 24.3 Å². The van der Waals surface area contributed by atoms with Gasteiger partial charge >= 0.3 is 0 Å². The van der Waals surface area contributed by atoms with Gasteiger partial charge in [-0.2, -0.15) is 0 Å². The first-order valence-corrected chi connectivity index (χ1v) is 10.8. The second-order valence-corrected chi connectivity index (χ2v) is 9.07. The number of fused-ring (bicyclic) bond motifs is 1. The molecule has 32 heavy (non-hydrogen) atoms. The molecule has 0 saturated heterocycles. The lowest BCUT2D eigenvalue weighted by Crippen LogP contribution is -2.31. The van der Waals surface area contributed by atoms with Gasteiger partial charge in [-0.05, 0) is 48.1 Å². The summed E-state index contributed by atoms with van der Waals surface area (Å²) in [5, 5.41) is 0. The second-order valence-electron chi connectivity index (χ2n) is 9.07. The van der Waals surface area contributed by atoms with Crippen LogP contribution in [0, 0.1) is 0 Å². The Bertz CT molecular complexity index is 1160. The van der Waals surface area contributed by atoms with Crippen molar-refractivity contribution in [1.82, 2.24) is 9.88 Å². The van der Waals surface area contributed by atoms with Crippen molar-refractivity contribution >= 4 is 17.6 Å². The van der Waals surface area contributed by atoms with Crippen LogP contribution in [0.4, 0.5) is 0 Å². The van der Waals surface area contributed by atoms with Gasteiger partial charge in [0.1, 0.15) is 0 Å². The molecule has 0 saturated carbocycles. The summed E-state index contributed by atoms with van der Waals surface area (Å²) < 4.78 is 0. The van der Waals surface area contributed by atoms with Gasteiger partial charge in [0.15, 0.2) is 5.78 Å². The number of rotatable bonds is 6. The number of hydrogen-bond acceptors (Lipinski definition) is 4. The van der Waals surface area contributed by atoms with Crippen LogP contribution in [0.5, 0.6) is 0 Å². The fraction of sp³-hybridized carbons (Fsp3) is 0.259. The first kappa shape index (κ1) is 21.6. The molecule has 5 nitrogen and oxygen atoms in total. The van der Waals surface area contributed by atoms with Gasteiger partial charge in [0.05, 0.1) is 16.8 Å². The number of carbonyl (C=O) groups excluding carboxylic acids is 3. The summed E-state index contributed by atoms with van der Waals surface area (Å²) in [6.45, 7) is 6.70. The molecule has 3 aromatic rings. The third kappa shape index (κ3) is 4.11. The van der Waals surface area contributed by atoms with E-state index in [4.69, 9.17) is 0 Å². The van der Waals surface area contributed by atoms with E-state index in [1.54, 1.807) is 42.6 Å². The lowest BCUT2D eigenvalue weighted by atomic mass is 9.86. The fourth-order valence-electron chi connectivity index (χ4n) is 3.97. The SMILES string of the molecule is CC(C)(C)c1ccc(C(=O)c2cccnc2CCCN2C(=O)c3ccccc3C2=O)cc1. The molecule has 0 atom stereocenters. The highest BCUT2D eigenvalue weighted by atomic mass is 16.2. The normalized spacial score (nSPS) is 13.4. The number of imide groups is 1. The molecule has 0 N–H and O–H groups in total. The van der Waals surface area contributed by atoms with E-state index in [0.717, 1.165) is 0 Å². The highest BCUT2D eigenvalue weighted by Gasteiger charge is 2.34. The van der Waals surface area contributed by atoms with Crippen LogP contribution in [0.25, 0.3) is 0 Å². The molecular formula is C27H26N2O3. The summed E-state index contributed by atoms with van der Waals surface area (Å²) in [5.41, 5.74) is 3.93. The van der Waals surface area contributed by atoms with Crippen LogP contribution in [0.3, 0.4) is 0 Å². The molecule has 1 aliphatic heterocycles. The van der Waals surface area contributed by atoms with E-state index in [2.05, 4.69) is 25.8 Å². The summed E-state index contributed by atoms with van der Waals surface area (Å²) in [4.78, 5) is 43.9. The molecular weight excluding hydrogens is 400 g/mol. The summed E-state index contributed by atoms with van der Waals surface area (Å²) in [5.74, 6) is -0.599. The maximum Gasteiger partial charge on any atom is 0.261 e. The summed E-state index contributed by atoms with van der Waals surface area (Å²) >= 11 is 0. The molecule has 0 radical (unpaired) electrons. The van der Waals surface area contributed by atoms with E-state index >= 15 is 0 Å². The minimum absolute atomic E-state index is 0.0190. The number of carbonyl (C=O) groups is 3. The Balaban J connectivity index is 1.46. The smallest absolute Gasteiger partial charge is 0.261 e. The predicted molar refractivity (Wildman–Crippen MR) is 123 cm³/mol. The fourth-order valence-corrected chi connectivity index (χ4v) is 3.97. The highest BCUT2D eigenvalue weighted by molar-refractivity contribution is 6.21. The Morgan fingerprint density at radius 2 is 1.50 bits per heavy atom. The highest BCUT2D eigenvalue weighted by Crippen LogP contribution is 2.25. The molecule has 0 aliphatic carbocycles. The first-order valence-electron chi connectivity index (χ1n) is 10.8. The van der Waals surface area contributed by atoms with Gasteiger partial charge in [0.25, 0.3) is 11.8 Å². The van der Waals surface area contributed by atoms with Gasteiger partial charge in [-0.15, -0.1) is 0 Å². The van der Waals surface area contributed by atoms with Crippen molar-refractivity contribution in [1.29, 1.82) is 0 Å². The summed E-state index contributed by atoms with van der Waals surface area (Å²) in [7, 11) is 0. The minimum Gasteiger partial charge on any atom is -0.289 e. The van der Waals surface area contributed by atoms with Crippen LogP contribution in [-0.4, -0.2) is 34.0 Å². The molecule has 1 aromatic heterocycles. The molecule has 2 heterocycles. The molecule has 0 spiro atoms. The zero-order chi connectivity index (χ0) is 22.9. The van der Waals surface area contributed by atoms with E-state index in [1.165, 1.54) is 10.5 Å². The van der Waals surface area contributed by atoms with Crippen molar-refractivity contribution in [2.24, 2.45) is 0 Å². The molecule has 4 rings (SSSR count). The average Bonchev–Trinajstić information content (AvgIpc) is 3.03. The maximum absolute atomic E-state index is 13.1. The minimum atomic E-state index is -0.262. The number of hydrogen-bond donors (Lipinski definition) is 0. The second kappa shape index (κ2) is 8.50. The molecule has 162 valence electrons. The van der Waals surface area contributed by atoms with E-state index in [9.17, 15) is 14.4 Å². The van der Waals surface area contributed by atoms with Crippen molar-refractivity contribution in [3.63, 3.8) is 0 Å². The van der Waals surface area contributed by atoms with Gasteiger partial charge in [-0.1, -0.05) is 57.2 Å². The topological polar surface area (TPSA) is 67.3 Å². The Kier molecular flexibility index (Phi) is 5.74. The number of aryl methyl sites for hydroxylation is 1. The standard InChI is InChI=1S/C27H26N2O3/c1-27(2,3)19-14-12-18(13-15-19)24(30)22-10-6-16-28-23(22)11-7-17-29-25(31)20-8-4-5-9-21(20)26(29)32/h4-6,8-10,12-16H,7,11,17H2,1-3H3. The largest absolute Gasteiger partial charge is 0.289 e. The molecule has 0 bridgehead atoms. The molecule has 2 amide bonds. The van der Waals surface area contributed by atoms with Crippen LogP contribution < -0.4 is 0 Å².